The molecule has 0 aromatic carbocycles. The fourth-order valence-corrected chi connectivity index (χ4v) is 1.83. The predicted octanol–water partition coefficient (Wildman–Crippen LogP) is -0.108. The molecule has 1 rings (SSSR count). The van der Waals surface area contributed by atoms with Gasteiger partial charge in [-0.15, -0.1) is 0 Å². The molecule has 1 atom stereocenters. The van der Waals surface area contributed by atoms with Gasteiger partial charge in [-0.05, 0) is 0 Å². The molecular weight excluding hydrogens is 234 g/mol. The van der Waals surface area contributed by atoms with Crippen molar-refractivity contribution in [1.82, 2.24) is 15.5 Å². The van der Waals surface area contributed by atoms with E-state index in [0.717, 1.165) is 0 Å². The summed E-state index contributed by atoms with van der Waals surface area (Å²) in [5, 5.41) is 14.7. The first-order valence-electron chi connectivity index (χ1n) is 4.42. The Morgan fingerprint density at radius 3 is 2.94 bits per heavy atom. The molecule has 8 heteroatoms. The van der Waals surface area contributed by atoms with Crippen LogP contribution in [0, 0.1) is 0 Å². The molecule has 1 heterocycles. The third-order valence-corrected chi connectivity index (χ3v) is 2.63. The Morgan fingerprint density at radius 2 is 2.44 bits per heavy atom. The molecule has 0 saturated carbocycles. The predicted molar refractivity (Wildman–Crippen MR) is 55.7 cm³/mol. The van der Waals surface area contributed by atoms with Gasteiger partial charge >= 0.3 is 5.97 Å². The first kappa shape index (κ1) is 12.5. The van der Waals surface area contributed by atoms with E-state index in [1.54, 1.807) is 0 Å². The van der Waals surface area contributed by atoms with Crippen LogP contribution in [0.1, 0.15) is 12.7 Å². The summed E-state index contributed by atoms with van der Waals surface area (Å²) in [5.74, 6) is -0.233. The van der Waals surface area contributed by atoms with Crippen molar-refractivity contribution in [2.75, 3.05) is 5.75 Å². The summed E-state index contributed by atoms with van der Waals surface area (Å²) in [6.07, 6.45) is 1.21. The summed E-state index contributed by atoms with van der Waals surface area (Å²) < 4.78 is 4.52. The maximum Gasteiger partial charge on any atom is 0.327 e. The van der Waals surface area contributed by atoms with Gasteiger partial charge in [0.15, 0.2) is 5.82 Å². The number of rotatable bonds is 6. The van der Waals surface area contributed by atoms with Crippen molar-refractivity contribution in [1.29, 1.82) is 0 Å². The second kappa shape index (κ2) is 6.11. The molecule has 0 bridgehead atoms. The van der Waals surface area contributed by atoms with Crippen molar-refractivity contribution in [2.24, 2.45) is 0 Å². The molecule has 0 saturated heterocycles. The van der Waals surface area contributed by atoms with Gasteiger partial charge in [0.1, 0.15) is 6.04 Å². The third-order valence-electron chi connectivity index (χ3n) is 1.60. The second-order valence-electron chi connectivity index (χ2n) is 2.95. The molecule has 1 unspecified atom stereocenters. The molecule has 1 aromatic rings. The van der Waals surface area contributed by atoms with Gasteiger partial charge in [0.25, 0.3) is 0 Å². The Labute approximate surface area is 95.6 Å². The van der Waals surface area contributed by atoms with Gasteiger partial charge in [-0.1, -0.05) is 5.16 Å². The van der Waals surface area contributed by atoms with E-state index in [2.05, 4.69) is 20.0 Å². The van der Waals surface area contributed by atoms with Crippen molar-refractivity contribution in [3.05, 3.63) is 12.2 Å². The Morgan fingerprint density at radius 1 is 1.69 bits per heavy atom. The van der Waals surface area contributed by atoms with Crippen LogP contribution in [0.2, 0.25) is 0 Å². The average molecular weight is 245 g/mol. The first-order valence-corrected chi connectivity index (χ1v) is 5.58. The van der Waals surface area contributed by atoms with E-state index in [9.17, 15) is 9.59 Å². The lowest BCUT2D eigenvalue weighted by atomic mass is 10.3. The van der Waals surface area contributed by atoms with Gasteiger partial charge in [-0.25, -0.2) is 4.79 Å². The van der Waals surface area contributed by atoms with E-state index in [1.165, 1.54) is 25.1 Å². The highest BCUT2D eigenvalue weighted by Crippen LogP contribution is 2.09. The monoisotopic (exact) mass is 245 g/mol. The van der Waals surface area contributed by atoms with E-state index >= 15 is 0 Å². The Hall–Kier alpha value is -1.57. The highest BCUT2D eigenvalue weighted by Gasteiger charge is 2.18. The minimum atomic E-state index is -1.06. The van der Waals surface area contributed by atoms with Gasteiger partial charge in [-0.3, -0.25) is 4.79 Å². The van der Waals surface area contributed by atoms with Crippen LogP contribution in [0.25, 0.3) is 0 Å². The SMILES string of the molecule is CC(=O)NC(CSCc1ncon1)C(=O)O. The van der Waals surface area contributed by atoms with Gasteiger partial charge < -0.3 is 14.9 Å². The summed E-state index contributed by atoms with van der Waals surface area (Å²) in [5.41, 5.74) is 0. The summed E-state index contributed by atoms with van der Waals surface area (Å²) in [4.78, 5) is 25.3. The minimum Gasteiger partial charge on any atom is -0.480 e. The van der Waals surface area contributed by atoms with E-state index < -0.39 is 12.0 Å². The molecule has 1 amide bonds. The zero-order chi connectivity index (χ0) is 12.0. The van der Waals surface area contributed by atoms with E-state index in [1.807, 2.05) is 0 Å². The number of carbonyl (C=O) groups excluding carboxylic acids is 1. The smallest absolute Gasteiger partial charge is 0.327 e. The molecular formula is C8H11N3O4S. The molecule has 0 aliphatic heterocycles. The van der Waals surface area contributed by atoms with E-state index in [4.69, 9.17) is 5.11 Å². The van der Waals surface area contributed by atoms with Crippen LogP contribution in [0.5, 0.6) is 0 Å². The minimum absolute atomic E-state index is 0.253. The fraction of sp³-hybridized carbons (Fsp3) is 0.500. The van der Waals surface area contributed by atoms with Crippen LogP contribution in [0.3, 0.4) is 0 Å². The maximum absolute atomic E-state index is 10.7. The number of nitrogens with one attached hydrogen (secondary N) is 1. The number of thioether (sulfide) groups is 1. The lowest BCUT2D eigenvalue weighted by Gasteiger charge is -2.11. The lowest BCUT2D eigenvalue weighted by Crippen LogP contribution is -2.41. The topological polar surface area (TPSA) is 105 Å². The van der Waals surface area contributed by atoms with Crippen molar-refractivity contribution in [2.45, 2.75) is 18.7 Å². The number of carboxylic acids is 1. The molecule has 0 aliphatic carbocycles. The van der Waals surface area contributed by atoms with Gasteiger partial charge in [-0.2, -0.15) is 16.7 Å². The molecule has 0 spiro atoms. The van der Waals surface area contributed by atoms with Crippen LogP contribution in [0.15, 0.2) is 10.9 Å². The Bertz CT molecular complexity index is 354. The zero-order valence-electron chi connectivity index (χ0n) is 8.54. The highest BCUT2D eigenvalue weighted by molar-refractivity contribution is 7.98. The van der Waals surface area contributed by atoms with Crippen LogP contribution in [0.4, 0.5) is 0 Å². The van der Waals surface area contributed by atoms with Crippen molar-refractivity contribution in [3.8, 4) is 0 Å². The average Bonchev–Trinajstić information content (AvgIpc) is 2.68. The Kier molecular flexibility index (Phi) is 4.77. The molecule has 7 nitrogen and oxygen atoms in total. The maximum atomic E-state index is 10.7. The fourth-order valence-electron chi connectivity index (χ4n) is 0.944. The largest absolute Gasteiger partial charge is 0.480 e. The molecule has 16 heavy (non-hydrogen) atoms. The number of carbonyl (C=O) groups is 2. The van der Waals surface area contributed by atoms with E-state index in [-0.39, 0.29) is 11.7 Å². The lowest BCUT2D eigenvalue weighted by molar-refractivity contribution is -0.140. The standard InChI is InChI=1S/C8H11N3O4S/c1-5(12)10-6(8(13)14)2-16-3-7-9-4-15-11-7/h4,6H,2-3H2,1H3,(H,10,12)(H,13,14). The highest BCUT2D eigenvalue weighted by atomic mass is 32.2. The Balaban J connectivity index is 2.32. The molecule has 1 aromatic heterocycles. The van der Waals surface area contributed by atoms with Crippen LogP contribution in [-0.2, 0) is 15.3 Å². The number of hydrogen-bond acceptors (Lipinski definition) is 6. The number of aliphatic carboxylic acids is 1. The molecule has 0 radical (unpaired) electrons. The third kappa shape index (κ3) is 4.30. The summed E-state index contributed by atoms with van der Waals surface area (Å²) in [7, 11) is 0. The number of hydrogen-bond donors (Lipinski definition) is 2. The van der Waals surface area contributed by atoms with E-state index in [0.29, 0.717) is 11.6 Å². The summed E-state index contributed by atoms with van der Waals surface area (Å²) in [6.45, 7) is 1.28. The quantitative estimate of drug-likeness (QED) is 0.720. The number of amides is 1. The van der Waals surface area contributed by atoms with Crippen molar-refractivity contribution in [3.63, 3.8) is 0 Å². The van der Waals surface area contributed by atoms with Gasteiger partial charge in [0, 0.05) is 12.7 Å². The molecule has 88 valence electrons. The second-order valence-corrected chi connectivity index (χ2v) is 3.98. The van der Waals surface area contributed by atoms with Gasteiger partial charge in [0.05, 0.1) is 5.75 Å². The van der Waals surface area contributed by atoms with Crippen molar-refractivity contribution >= 4 is 23.6 Å². The van der Waals surface area contributed by atoms with Crippen molar-refractivity contribution < 1.29 is 19.2 Å². The summed E-state index contributed by atoms with van der Waals surface area (Å²) in [6, 6.07) is -0.894. The molecule has 0 fully saturated rings. The van der Waals surface area contributed by atoms with Crippen LogP contribution < -0.4 is 5.32 Å². The zero-order valence-corrected chi connectivity index (χ0v) is 9.36. The van der Waals surface area contributed by atoms with Gasteiger partial charge in [0.2, 0.25) is 12.3 Å². The number of carboxylic acid groups (broad SMARTS) is 1. The normalized spacial score (nSPS) is 12.1. The number of nitrogens with zero attached hydrogens (tertiary/aromatic N) is 2. The first-order chi connectivity index (χ1) is 7.59. The van der Waals surface area contributed by atoms with Crippen LogP contribution >= 0.6 is 11.8 Å². The summed E-state index contributed by atoms with van der Waals surface area (Å²) >= 11 is 1.31. The van der Waals surface area contributed by atoms with Crippen LogP contribution in [-0.4, -0.2) is 38.9 Å². The molecule has 0 aliphatic rings. The number of aromatic nitrogens is 2. The molecule has 2 N–H and O–H groups in total.